The highest BCUT2D eigenvalue weighted by molar-refractivity contribution is 7.80. The Morgan fingerprint density at radius 2 is 1.76 bits per heavy atom. The molecule has 2 aromatic carbocycles. The first-order chi connectivity index (χ1) is 10.0. The topological polar surface area (TPSA) is 33.3 Å². The predicted molar refractivity (Wildman–Crippen MR) is 91.8 cm³/mol. The van der Waals surface area contributed by atoms with Gasteiger partial charge in [0.2, 0.25) is 0 Å². The molecule has 2 aromatic rings. The molecule has 0 saturated heterocycles. The number of thiocarbonyl (C=S) groups is 1. The Hall–Kier alpha value is -2.07. The van der Waals surface area contributed by atoms with Gasteiger partial charge in [-0.2, -0.15) is 0 Å². The molecule has 0 spiro atoms. The highest BCUT2D eigenvalue weighted by Crippen LogP contribution is 2.20. The minimum Gasteiger partial charge on any atom is -0.497 e. The van der Waals surface area contributed by atoms with Crippen molar-refractivity contribution in [3.05, 3.63) is 60.2 Å². The van der Waals surface area contributed by atoms with E-state index in [1.807, 2.05) is 42.5 Å². The summed E-state index contributed by atoms with van der Waals surface area (Å²) in [6.45, 7) is 4.20. The van der Waals surface area contributed by atoms with Gasteiger partial charge in [-0.25, -0.2) is 0 Å². The van der Waals surface area contributed by atoms with Crippen LogP contribution >= 0.6 is 12.2 Å². The Balaban J connectivity index is 2.04. The van der Waals surface area contributed by atoms with E-state index in [-0.39, 0.29) is 5.54 Å². The Morgan fingerprint density at radius 3 is 2.43 bits per heavy atom. The van der Waals surface area contributed by atoms with Crippen LogP contribution in [0.3, 0.4) is 0 Å². The molecule has 0 fully saturated rings. The summed E-state index contributed by atoms with van der Waals surface area (Å²) in [5.74, 6) is 0.796. The first-order valence-electron chi connectivity index (χ1n) is 6.80. The summed E-state index contributed by atoms with van der Waals surface area (Å²) < 4.78 is 5.20. The van der Waals surface area contributed by atoms with E-state index in [1.54, 1.807) is 7.11 Å². The van der Waals surface area contributed by atoms with E-state index in [0.29, 0.717) is 5.11 Å². The fourth-order valence-corrected chi connectivity index (χ4v) is 2.45. The molecule has 2 rings (SSSR count). The zero-order valence-corrected chi connectivity index (χ0v) is 13.3. The predicted octanol–water partition coefficient (Wildman–Crippen LogP) is 3.92. The van der Waals surface area contributed by atoms with Crippen LogP contribution in [0.5, 0.6) is 5.75 Å². The summed E-state index contributed by atoms with van der Waals surface area (Å²) in [6, 6.07) is 17.9. The molecular weight excluding hydrogens is 280 g/mol. The lowest BCUT2D eigenvalue weighted by molar-refractivity contribution is 0.415. The number of rotatable bonds is 4. The van der Waals surface area contributed by atoms with E-state index in [9.17, 15) is 0 Å². The average Bonchev–Trinajstić information content (AvgIpc) is 2.47. The van der Waals surface area contributed by atoms with E-state index in [2.05, 4.69) is 36.6 Å². The summed E-state index contributed by atoms with van der Waals surface area (Å²) in [5, 5.41) is 7.10. The normalized spacial score (nSPS) is 10.8. The number of nitrogens with one attached hydrogen (secondary N) is 2. The van der Waals surface area contributed by atoms with Gasteiger partial charge in [0.25, 0.3) is 0 Å². The average molecular weight is 300 g/mol. The fraction of sp³-hybridized carbons (Fsp3) is 0.235. The van der Waals surface area contributed by atoms with Gasteiger partial charge < -0.3 is 15.4 Å². The zero-order valence-electron chi connectivity index (χ0n) is 12.5. The van der Waals surface area contributed by atoms with Crippen molar-refractivity contribution in [2.24, 2.45) is 0 Å². The maximum atomic E-state index is 5.40. The molecule has 0 aliphatic rings. The van der Waals surface area contributed by atoms with Crippen molar-refractivity contribution in [1.29, 1.82) is 0 Å². The Labute approximate surface area is 131 Å². The third kappa shape index (κ3) is 4.20. The van der Waals surface area contributed by atoms with E-state index in [0.717, 1.165) is 11.4 Å². The third-order valence-electron chi connectivity index (χ3n) is 3.25. The van der Waals surface area contributed by atoms with Crippen LogP contribution in [-0.2, 0) is 5.54 Å². The molecule has 0 aliphatic heterocycles. The summed E-state index contributed by atoms with van der Waals surface area (Å²) in [5.41, 5.74) is 1.83. The number of anilines is 1. The van der Waals surface area contributed by atoms with Crippen LogP contribution in [-0.4, -0.2) is 12.2 Å². The molecule has 3 nitrogen and oxygen atoms in total. The van der Waals surface area contributed by atoms with Gasteiger partial charge in [-0.05, 0) is 43.8 Å². The molecule has 2 N–H and O–H groups in total. The smallest absolute Gasteiger partial charge is 0.171 e. The van der Waals surface area contributed by atoms with Crippen LogP contribution in [0, 0.1) is 0 Å². The number of methoxy groups -OCH3 is 1. The van der Waals surface area contributed by atoms with Gasteiger partial charge in [0, 0.05) is 11.8 Å². The van der Waals surface area contributed by atoms with Crippen LogP contribution in [0.1, 0.15) is 19.4 Å². The molecule has 0 saturated carbocycles. The van der Waals surface area contributed by atoms with Crippen LogP contribution in [0.15, 0.2) is 54.6 Å². The molecule has 110 valence electrons. The third-order valence-corrected chi connectivity index (χ3v) is 3.45. The Bertz CT molecular complexity index is 611. The van der Waals surface area contributed by atoms with Gasteiger partial charge in [0.1, 0.15) is 5.75 Å². The van der Waals surface area contributed by atoms with E-state index >= 15 is 0 Å². The molecule has 0 amide bonds. The molecule has 0 radical (unpaired) electrons. The molecule has 0 heterocycles. The van der Waals surface area contributed by atoms with Gasteiger partial charge >= 0.3 is 0 Å². The Morgan fingerprint density at radius 1 is 1.05 bits per heavy atom. The maximum absolute atomic E-state index is 5.40. The van der Waals surface area contributed by atoms with Crippen LogP contribution in [0.4, 0.5) is 5.69 Å². The molecule has 0 atom stereocenters. The second-order valence-corrected chi connectivity index (χ2v) is 5.71. The highest BCUT2D eigenvalue weighted by Gasteiger charge is 2.20. The zero-order chi connectivity index (χ0) is 15.3. The SMILES string of the molecule is COc1cccc(NC(=S)NC(C)(C)c2ccccc2)c1. The van der Waals surface area contributed by atoms with Crippen molar-refractivity contribution < 1.29 is 4.74 Å². The Kier molecular flexibility index (Phi) is 4.81. The molecule has 0 bridgehead atoms. The van der Waals surface area contributed by atoms with Crippen LogP contribution in [0.2, 0.25) is 0 Å². The van der Waals surface area contributed by atoms with Crippen molar-refractivity contribution in [2.75, 3.05) is 12.4 Å². The first kappa shape index (κ1) is 15.3. The van der Waals surface area contributed by atoms with Gasteiger partial charge in [-0.15, -0.1) is 0 Å². The van der Waals surface area contributed by atoms with Gasteiger partial charge in [-0.3, -0.25) is 0 Å². The lowest BCUT2D eigenvalue weighted by Crippen LogP contribution is -2.43. The molecular formula is C17H20N2OS. The lowest BCUT2D eigenvalue weighted by atomic mass is 9.95. The lowest BCUT2D eigenvalue weighted by Gasteiger charge is -2.28. The van der Waals surface area contributed by atoms with Gasteiger partial charge in [-0.1, -0.05) is 36.4 Å². The number of hydrogen-bond donors (Lipinski definition) is 2. The molecule has 0 aromatic heterocycles. The van der Waals surface area contributed by atoms with Gasteiger partial charge in [0.15, 0.2) is 5.11 Å². The van der Waals surface area contributed by atoms with Crippen molar-refractivity contribution in [2.45, 2.75) is 19.4 Å². The summed E-state index contributed by atoms with van der Waals surface area (Å²) in [7, 11) is 1.65. The first-order valence-corrected chi connectivity index (χ1v) is 7.21. The summed E-state index contributed by atoms with van der Waals surface area (Å²) in [4.78, 5) is 0. The van der Waals surface area contributed by atoms with Crippen molar-refractivity contribution in [3.63, 3.8) is 0 Å². The number of benzene rings is 2. The fourth-order valence-electron chi connectivity index (χ4n) is 2.07. The van der Waals surface area contributed by atoms with E-state index in [4.69, 9.17) is 17.0 Å². The van der Waals surface area contributed by atoms with Crippen molar-refractivity contribution in [3.8, 4) is 5.75 Å². The molecule has 0 aliphatic carbocycles. The number of hydrogen-bond acceptors (Lipinski definition) is 2. The molecule has 0 unspecified atom stereocenters. The highest BCUT2D eigenvalue weighted by atomic mass is 32.1. The second kappa shape index (κ2) is 6.59. The minimum absolute atomic E-state index is 0.246. The van der Waals surface area contributed by atoms with Crippen molar-refractivity contribution in [1.82, 2.24) is 5.32 Å². The molecule has 21 heavy (non-hydrogen) atoms. The van der Waals surface area contributed by atoms with E-state index < -0.39 is 0 Å². The summed E-state index contributed by atoms with van der Waals surface area (Å²) >= 11 is 5.40. The standard InChI is InChI=1S/C17H20N2OS/c1-17(2,13-8-5-4-6-9-13)19-16(21)18-14-10-7-11-15(12-14)20-3/h4-12H,1-3H3,(H2,18,19,21). The van der Waals surface area contributed by atoms with Crippen LogP contribution < -0.4 is 15.4 Å². The van der Waals surface area contributed by atoms with Crippen LogP contribution in [0.25, 0.3) is 0 Å². The quantitative estimate of drug-likeness (QED) is 0.839. The van der Waals surface area contributed by atoms with E-state index in [1.165, 1.54) is 5.56 Å². The number of ether oxygens (including phenoxy) is 1. The largest absolute Gasteiger partial charge is 0.497 e. The maximum Gasteiger partial charge on any atom is 0.171 e. The second-order valence-electron chi connectivity index (χ2n) is 5.30. The summed E-state index contributed by atoms with van der Waals surface area (Å²) in [6.07, 6.45) is 0. The minimum atomic E-state index is -0.246. The van der Waals surface area contributed by atoms with Gasteiger partial charge in [0.05, 0.1) is 12.6 Å². The monoisotopic (exact) mass is 300 g/mol. The molecule has 4 heteroatoms. The van der Waals surface area contributed by atoms with Crippen molar-refractivity contribution >= 4 is 23.0 Å².